The molecule has 4 heterocycles. The number of hydrogen-bond donors (Lipinski definition) is 1. The van der Waals surface area contributed by atoms with E-state index in [2.05, 4.69) is 24.8 Å². The van der Waals surface area contributed by atoms with Crippen LogP contribution < -0.4 is 4.90 Å². The normalized spacial score (nSPS) is 41.1. The maximum absolute atomic E-state index is 14.3. The average molecular weight is 697 g/mol. The fourth-order valence-electron chi connectivity index (χ4n) is 8.97. The second-order valence-corrected chi connectivity index (χ2v) is 15.5. The van der Waals surface area contributed by atoms with Crippen molar-refractivity contribution >= 4 is 28.8 Å². The molecule has 0 amide bonds. The van der Waals surface area contributed by atoms with Crippen molar-refractivity contribution in [2.24, 2.45) is 28.7 Å². The summed E-state index contributed by atoms with van der Waals surface area (Å²) in [7, 11) is 5.40. The van der Waals surface area contributed by atoms with Crippen molar-refractivity contribution in [2.75, 3.05) is 32.8 Å². The SMILES string of the molecule is CC[C@H]1OC(=O)[C@H](C)C(=O)[C@H](C)[C@@H](O[C@@H]2O[C@H](C)C[C@H](N(C)C)[C@H]2O)[C@@](C)(OC)C[C@@H](C)C2=Nc3cc(C#N)ccc3N3CO[C@@]1(C)[C@H]3[C@@H]2C. The lowest BCUT2D eigenvalue weighted by atomic mass is 9.73. The second-order valence-electron chi connectivity index (χ2n) is 15.5. The number of rotatable bonds is 5. The molecule has 2 bridgehead atoms. The molecule has 0 spiro atoms. The lowest BCUT2D eigenvalue weighted by molar-refractivity contribution is -0.295. The van der Waals surface area contributed by atoms with Crippen LogP contribution in [0.2, 0.25) is 0 Å². The number of methoxy groups -OCH3 is 1. The summed E-state index contributed by atoms with van der Waals surface area (Å²) in [5.41, 5.74) is 0.808. The lowest BCUT2D eigenvalue weighted by Gasteiger charge is -2.47. The zero-order valence-corrected chi connectivity index (χ0v) is 31.5. The number of anilines is 1. The van der Waals surface area contributed by atoms with Gasteiger partial charge in [-0.3, -0.25) is 14.6 Å². The van der Waals surface area contributed by atoms with E-state index in [4.69, 9.17) is 28.7 Å². The van der Waals surface area contributed by atoms with Gasteiger partial charge >= 0.3 is 5.97 Å². The van der Waals surface area contributed by atoms with Crippen LogP contribution in [0.5, 0.6) is 0 Å². The first-order valence-electron chi connectivity index (χ1n) is 18.0. The third-order valence-electron chi connectivity index (χ3n) is 11.8. The monoisotopic (exact) mass is 696 g/mol. The molecule has 0 unspecified atom stereocenters. The molecular weight excluding hydrogens is 640 g/mol. The summed E-state index contributed by atoms with van der Waals surface area (Å²) in [5.74, 6) is -3.34. The van der Waals surface area contributed by atoms with Gasteiger partial charge in [-0.15, -0.1) is 0 Å². The number of likely N-dealkylation sites (N-methyl/N-ethyl adjacent to an activating group) is 1. The van der Waals surface area contributed by atoms with Gasteiger partial charge in [0.25, 0.3) is 0 Å². The smallest absolute Gasteiger partial charge is 0.316 e. The van der Waals surface area contributed by atoms with Gasteiger partial charge in [-0.25, -0.2) is 0 Å². The van der Waals surface area contributed by atoms with E-state index in [-0.39, 0.29) is 42.5 Å². The van der Waals surface area contributed by atoms with Gasteiger partial charge in [0.15, 0.2) is 12.1 Å². The molecule has 0 saturated carbocycles. The Morgan fingerprint density at radius 3 is 2.46 bits per heavy atom. The van der Waals surface area contributed by atoms with Crippen LogP contribution in [0, 0.1) is 35.0 Å². The highest BCUT2D eigenvalue weighted by Gasteiger charge is 2.57. The molecule has 5 rings (SSSR count). The molecule has 3 saturated heterocycles. The van der Waals surface area contributed by atoms with E-state index in [9.17, 15) is 20.0 Å². The first kappa shape index (κ1) is 38.3. The first-order valence-corrected chi connectivity index (χ1v) is 18.0. The molecular formula is C38H56N4O8. The van der Waals surface area contributed by atoms with Gasteiger partial charge < -0.3 is 38.6 Å². The van der Waals surface area contributed by atoms with Crippen LogP contribution >= 0.6 is 0 Å². The zero-order chi connectivity index (χ0) is 36.9. The van der Waals surface area contributed by atoms with E-state index in [0.717, 1.165) is 11.4 Å². The summed E-state index contributed by atoms with van der Waals surface area (Å²) in [6.07, 6.45) is -2.37. The number of nitrogens with zero attached hydrogens (tertiary/aromatic N) is 4. The number of cyclic esters (lactones) is 1. The maximum Gasteiger partial charge on any atom is 0.316 e. The second kappa shape index (κ2) is 14.6. The van der Waals surface area contributed by atoms with E-state index >= 15 is 0 Å². The van der Waals surface area contributed by atoms with Crippen molar-refractivity contribution in [1.82, 2.24) is 4.90 Å². The number of benzene rings is 1. The third-order valence-corrected chi connectivity index (χ3v) is 11.8. The molecule has 13 atom stereocenters. The molecule has 0 aliphatic carbocycles. The number of aliphatic hydroxyl groups excluding tert-OH is 1. The van der Waals surface area contributed by atoms with Crippen LogP contribution in [0.15, 0.2) is 23.2 Å². The molecule has 50 heavy (non-hydrogen) atoms. The summed E-state index contributed by atoms with van der Waals surface area (Å²) < 4.78 is 32.1. The number of hydrogen-bond acceptors (Lipinski definition) is 12. The molecule has 0 aromatic heterocycles. The van der Waals surface area contributed by atoms with E-state index in [1.54, 1.807) is 33.1 Å². The van der Waals surface area contributed by atoms with Crippen molar-refractivity contribution in [3.8, 4) is 6.07 Å². The Labute approximate surface area is 297 Å². The molecule has 12 nitrogen and oxygen atoms in total. The van der Waals surface area contributed by atoms with E-state index in [0.29, 0.717) is 30.5 Å². The van der Waals surface area contributed by atoms with Crippen molar-refractivity contribution < 1.29 is 38.4 Å². The van der Waals surface area contributed by atoms with Crippen LogP contribution in [0.1, 0.15) is 80.2 Å². The van der Waals surface area contributed by atoms with Gasteiger partial charge in [-0.05, 0) is 85.2 Å². The summed E-state index contributed by atoms with van der Waals surface area (Å²) in [6, 6.07) is 7.20. The number of Topliss-reactive ketones (excluding diaryl/α,β-unsaturated/α-hetero) is 1. The fraction of sp³-hybridized carbons (Fsp3) is 0.737. The lowest BCUT2D eigenvalue weighted by Crippen LogP contribution is -2.60. The predicted octanol–water partition coefficient (Wildman–Crippen LogP) is 4.62. The highest BCUT2D eigenvalue weighted by Crippen LogP contribution is 2.48. The Morgan fingerprint density at radius 1 is 1.14 bits per heavy atom. The summed E-state index contributed by atoms with van der Waals surface area (Å²) in [6.45, 7) is 15.5. The Bertz CT molecular complexity index is 1510. The Hall–Kier alpha value is -2.92. The van der Waals surface area contributed by atoms with Gasteiger partial charge in [0.05, 0.1) is 46.9 Å². The average Bonchev–Trinajstić information content (AvgIpc) is 3.38. The summed E-state index contributed by atoms with van der Waals surface area (Å²) in [5, 5.41) is 21.3. The highest BCUT2D eigenvalue weighted by molar-refractivity contribution is 6.00. The molecule has 4 aliphatic rings. The van der Waals surface area contributed by atoms with Crippen molar-refractivity contribution in [3.63, 3.8) is 0 Å². The minimum Gasteiger partial charge on any atom is -0.459 e. The maximum atomic E-state index is 14.3. The minimum atomic E-state index is -1.10. The first-order chi connectivity index (χ1) is 23.5. The molecule has 12 heteroatoms. The molecule has 1 aromatic rings. The Kier molecular flexibility index (Phi) is 11.2. The van der Waals surface area contributed by atoms with E-state index in [1.807, 2.05) is 52.8 Å². The number of ketones is 1. The quantitative estimate of drug-likeness (QED) is 0.340. The molecule has 1 N–H and O–H groups in total. The van der Waals surface area contributed by atoms with Gasteiger partial charge in [0.2, 0.25) is 0 Å². The van der Waals surface area contributed by atoms with Crippen molar-refractivity contribution in [2.45, 2.75) is 129 Å². The molecule has 4 aliphatic heterocycles. The molecule has 3 fully saturated rings. The predicted molar refractivity (Wildman–Crippen MR) is 188 cm³/mol. The van der Waals surface area contributed by atoms with Crippen molar-refractivity contribution in [3.05, 3.63) is 23.8 Å². The van der Waals surface area contributed by atoms with E-state index < -0.39 is 53.6 Å². The van der Waals surface area contributed by atoms with Crippen LogP contribution in [-0.4, -0.2) is 109 Å². The van der Waals surface area contributed by atoms with Crippen LogP contribution in [0.4, 0.5) is 11.4 Å². The van der Waals surface area contributed by atoms with Gasteiger partial charge in [0, 0.05) is 30.7 Å². The zero-order valence-electron chi connectivity index (χ0n) is 31.5. The Balaban J connectivity index is 1.66. The van der Waals surface area contributed by atoms with Gasteiger partial charge in [-0.1, -0.05) is 27.7 Å². The van der Waals surface area contributed by atoms with Crippen LogP contribution in [0.25, 0.3) is 0 Å². The largest absolute Gasteiger partial charge is 0.459 e. The number of carbonyl (C=O) groups excluding carboxylic acids is 2. The number of esters is 1. The van der Waals surface area contributed by atoms with Gasteiger partial charge in [-0.2, -0.15) is 5.26 Å². The van der Waals surface area contributed by atoms with E-state index in [1.165, 1.54) is 0 Å². The van der Waals surface area contributed by atoms with Crippen molar-refractivity contribution in [1.29, 1.82) is 5.26 Å². The molecule has 1 aromatic carbocycles. The minimum absolute atomic E-state index is 0.187. The fourth-order valence-corrected chi connectivity index (χ4v) is 8.97. The summed E-state index contributed by atoms with van der Waals surface area (Å²) in [4.78, 5) is 37.6. The molecule has 0 radical (unpaired) electrons. The van der Waals surface area contributed by atoms with Crippen LogP contribution in [0.3, 0.4) is 0 Å². The number of carbonyl (C=O) groups is 2. The number of aliphatic hydroxyl groups is 1. The number of aliphatic imine (C=N–C) groups is 1. The summed E-state index contributed by atoms with van der Waals surface area (Å²) >= 11 is 0. The highest BCUT2D eigenvalue weighted by atomic mass is 16.7. The van der Waals surface area contributed by atoms with Crippen LogP contribution in [-0.2, 0) is 33.3 Å². The van der Waals surface area contributed by atoms with Gasteiger partial charge in [0.1, 0.15) is 30.5 Å². The topological polar surface area (TPSA) is 143 Å². The number of fused-ring (bicyclic) bond motifs is 3. The third kappa shape index (κ3) is 6.73. The molecule has 276 valence electrons. The number of nitriles is 1. The Morgan fingerprint density at radius 2 is 1.84 bits per heavy atom. The standard InChI is InChI=1S/C38H56N4O8/c1-12-29-38(8)33-22(4)30(40-26-16-25(18-39)13-14-27(26)42(33)19-47-38)20(2)17-37(7,46-11)34(23(5)31(43)24(6)35(45)49-29)50-36-32(44)28(41(9)10)15-21(3)48-36/h13-14,16,20-24,28-29,32-34,36,44H,12,15,17,19H2,1-11H3/t20-,21-,22-,23+,24-,28+,29-,32-,33-,34-,36+,37+,38-/m1/s1. The number of ether oxygens (including phenoxy) is 5.